The highest BCUT2D eigenvalue weighted by Crippen LogP contribution is 2.19. The van der Waals surface area contributed by atoms with Gasteiger partial charge in [0.2, 0.25) is 17.7 Å². The van der Waals surface area contributed by atoms with Crippen molar-refractivity contribution >= 4 is 29.1 Å². The summed E-state index contributed by atoms with van der Waals surface area (Å²) < 4.78 is 0. The molecule has 5 N–H and O–H groups in total. The molecular weight excluding hydrogens is 332 g/mol. The lowest BCUT2D eigenvalue weighted by atomic mass is 10.1. The number of piperidine rings is 1. The smallest absolute Gasteiger partial charge is 0.249 e. The Hall–Kier alpha value is -2.41. The molecule has 2 atom stereocenters. The zero-order valence-electron chi connectivity index (χ0n) is 15.2. The number of nitrogens with one attached hydrogen (secondary N) is 3. The molecule has 0 spiro atoms. The van der Waals surface area contributed by atoms with E-state index in [1.165, 1.54) is 0 Å². The number of anilines is 2. The lowest BCUT2D eigenvalue weighted by molar-refractivity contribution is -0.133. The molecule has 1 heterocycles. The molecule has 7 nitrogen and oxygen atoms in total. The molecule has 1 aromatic rings. The van der Waals surface area contributed by atoms with Crippen molar-refractivity contribution in [3.63, 3.8) is 0 Å². The van der Waals surface area contributed by atoms with Crippen LogP contribution in [0.3, 0.4) is 0 Å². The van der Waals surface area contributed by atoms with Crippen LogP contribution < -0.4 is 21.7 Å². The minimum Gasteiger partial charge on any atom is -0.374 e. The molecule has 2 rings (SSSR count). The number of hydrogen-bond donors (Lipinski definition) is 4. The molecule has 3 amide bonds. The maximum absolute atomic E-state index is 12.2. The van der Waals surface area contributed by atoms with Gasteiger partial charge in [0, 0.05) is 17.8 Å². The van der Waals surface area contributed by atoms with E-state index >= 15 is 0 Å². The van der Waals surface area contributed by atoms with Gasteiger partial charge >= 0.3 is 0 Å². The molecule has 2 unspecified atom stereocenters. The topological polar surface area (TPSA) is 113 Å². The van der Waals surface area contributed by atoms with E-state index in [2.05, 4.69) is 22.9 Å². The van der Waals surface area contributed by atoms with E-state index in [0.29, 0.717) is 30.6 Å². The summed E-state index contributed by atoms with van der Waals surface area (Å²) >= 11 is 0. The lowest BCUT2D eigenvalue weighted by Crippen LogP contribution is -2.47. The highest BCUT2D eigenvalue weighted by atomic mass is 16.2. The fourth-order valence-electron chi connectivity index (χ4n) is 2.88. The summed E-state index contributed by atoms with van der Waals surface area (Å²) in [6, 6.07) is 6.14. The number of benzene rings is 1. The van der Waals surface area contributed by atoms with Crippen molar-refractivity contribution in [2.45, 2.75) is 64.0 Å². The fraction of sp³-hybridized carbons (Fsp3) is 0.526. The van der Waals surface area contributed by atoms with Crippen LogP contribution in [-0.2, 0) is 14.4 Å². The minimum atomic E-state index is -0.529. The predicted octanol–water partition coefficient (Wildman–Crippen LogP) is 2.14. The number of hydrogen-bond acceptors (Lipinski definition) is 5. The summed E-state index contributed by atoms with van der Waals surface area (Å²) in [5.41, 5.74) is 7.28. The summed E-state index contributed by atoms with van der Waals surface area (Å²) in [5, 5.41) is 8.23. The Morgan fingerprint density at radius 2 is 2.04 bits per heavy atom. The van der Waals surface area contributed by atoms with Gasteiger partial charge in [-0.05, 0) is 31.0 Å². The minimum absolute atomic E-state index is 0.209. The Kier molecular flexibility index (Phi) is 7.59. The Morgan fingerprint density at radius 3 is 2.77 bits per heavy atom. The van der Waals surface area contributed by atoms with E-state index in [0.717, 1.165) is 25.7 Å². The molecule has 26 heavy (non-hydrogen) atoms. The van der Waals surface area contributed by atoms with E-state index in [-0.39, 0.29) is 17.7 Å². The summed E-state index contributed by atoms with van der Waals surface area (Å²) in [7, 11) is 0. The number of unbranched alkanes of at least 4 members (excludes halogenated alkanes) is 3. The van der Waals surface area contributed by atoms with Gasteiger partial charge in [-0.2, -0.15) is 0 Å². The summed E-state index contributed by atoms with van der Waals surface area (Å²) in [4.78, 5) is 35.2. The van der Waals surface area contributed by atoms with E-state index in [1.54, 1.807) is 18.2 Å². The maximum Gasteiger partial charge on any atom is 0.249 e. The molecule has 1 aliphatic rings. The van der Waals surface area contributed by atoms with Crippen LogP contribution in [0.5, 0.6) is 0 Å². The number of carbonyl (C=O) groups is 3. The molecule has 1 aliphatic heterocycles. The SMILES string of the molecule is CCCCCCC(N)C(=O)Nc1cccc(NC2CCC(=O)NC2=O)c1. The van der Waals surface area contributed by atoms with Crippen LogP contribution in [-0.4, -0.2) is 29.8 Å². The van der Waals surface area contributed by atoms with Crippen molar-refractivity contribution in [2.75, 3.05) is 10.6 Å². The third kappa shape index (κ3) is 6.15. The van der Waals surface area contributed by atoms with Gasteiger partial charge < -0.3 is 16.4 Å². The van der Waals surface area contributed by atoms with Crippen molar-refractivity contribution < 1.29 is 14.4 Å². The molecule has 0 radical (unpaired) electrons. The van der Waals surface area contributed by atoms with Crippen molar-refractivity contribution in [3.05, 3.63) is 24.3 Å². The molecule has 0 saturated carbocycles. The van der Waals surface area contributed by atoms with Gasteiger partial charge in [-0.1, -0.05) is 38.7 Å². The molecule has 142 valence electrons. The van der Waals surface area contributed by atoms with Gasteiger partial charge in [-0.3, -0.25) is 19.7 Å². The Morgan fingerprint density at radius 1 is 1.27 bits per heavy atom. The van der Waals surface area contributed by atoms with E-state index < -0.39 is 12.1 Å². The van der Waals surface area contributed by atoms with Gasteiger partial charge in [0.25, 0.3) is 0 Å². The van der Waals surface area contributed by atoms with Gasteiger partial charge in [0.1, 0.15) is 6.04 Å². The molecule has 7 heteroatoms. The summed E-state index contributed by atoms with van der Waals surface area (Å²) in [5.74, 6) is -0.786. The maximum atomic E-state index is 12.2. The normalized spacial score (nSPS) is 18.2. The van der Waals surface area contributed by atoms with Gasteiger partial charge in [-0.15, -0.1) is 0 Å². The van der Waals surface area contributed by atoms with Crippen LogP contribution in [0.2, 0.25) is 0 Å². The molecule has 1 aromatic carbocycles. The molecule has 0 aromatic heterocycles. The second-order valence-corrected chi connectivity index (χ2v) is 6.67. The van der Waals surface area contributed by atoms with Crippen LogP contribution in [0.15, 0.2) is 24.3 Å². The van der Waals surface area contributed by atoms with Crippen LogP contribution in [0, 0.1) is 0 Å². The molecular formula is C19H28N4O3. The first kappa shape index (κ1) is 19.9. The first-order valence-corrected chi connectivity index (χ1v) is 9.26. The van der Waals surface area contributed by atoms with Crippen molar-refractivity contribution in [2.24, 2.45) is 5.73 Å². The fourth-order valence-corrected chi connectivity index (χ4v) is 2.88. The standard InChI is InChI=1S/C19H28N4O3/c1-2-3-4-5-9-15(20)18(25)22-14-8-6-7-13(12-14)21-16-10-11-17(24)23-19(16)26/h6-8,12,15-16,21H,2-5,9-11,20H2,1H3,(H,22,25)(H,23,24,26). The van der Waals surface area contributed by atoms with Gasteiger partial charge in [0.05, 0.1) is 6.04 Å². The Labute approximate surface area is 154 Å². The van der Waals surface area contributed by atoms with Crippen LogP contribution in [0.25, 0.3) is 0 Å². The van der Waals surface area contributed by atoms with Crippen LogP contribution >= 0.6 is 0 Å². The third-order valence-electron chi connectivity index (χ3n) is 4.42. The number of nitrogens with two attached hydrogens (primary N) is 1. The average Bonchev–Trinajstić information content (AvgIpc) is 2.61. The van der Waals surface area contributed by atoms with Crippen molar-refractivity contribution in [1.82, 2.24) is 5.32 Å². The zero-order valence-corrected chi connectivity index (χ0v) is 15.2. The predicted molar refractivity (Wildman–Crippen MR) is 102 cm³/mol. The lowest BCUT2D eigenvalue weighted by Gasteiger charge is -2.23. The van der Waals surface area contributed by atoms with E-state index in [4.69, 9.17) is 5.73 Å². The third-order valence-corrected chi connectivity index (χ3v) is 4.42. The molecule has 1 saturated heterocycles. The van der Waals surface area contributed by atoms with E-state index in [9.17, 15) is 14.4 Å². The number of imide groups is 1. The quantitative estimate of drug-likeness (QED) is 0.398. The Bertz CT molecular complexity index is 647. The zero-order chi connectivity index (χ0) is 18.9. The Balaban J connectivity index is 1.87. The monoisotopic (exact) mass is 360 g/mol. The largest absolute Gasteiger partial charge is 0.374 e. The van der Waals surface area contributed by atoms with E-state index in [1.807, 2.05) is 6.07 Å². The first-order valence-electron chi connectivity index (χ1n) is 9.26. The first-order chi connectivity index (χ1) is 12.5. The second-order valence-electron chi connectivity index (χ2n) is 6.67. The van der Waals surface area contributed by atoms with Gasteiger partial charge in [0.15, 0.2) is 0 Å². The van der Waals surface area contributed by atoms with Crippen LogP contribution in [0.1, 0.15) is 51.9 Å². The average molecular weight is 360 g/mol. The highest BCUT2D eigenvalue weighted by Gasteiger charge is 2.26. The summed E-state index contributed by atoms with van der Waals surface area (Å²) in [6.07, 6.45) is 5.76. The van der Waals surface area contributed by atoms with Gasteiger partial charge in [-0.25, -0.2) is 0 Å². The number of amides is 3. The molecule has 0 aliphatic carbocycles. The molecule has 0 bridgehead atoms. The van der Waals surface area contributed by atoms with Crippen molar-refractivity contribution in [3.8, 4) is 0 Å². The van der Waals surface area contributed by atoms with Crippen LogP contribution in [0.4, 0.5) is 11.4 Å². The number of rotatable bonds is 9. The number of carbonyl (C=O) groups excluding carboxylic acids is 3. The highest BCUT2D eigenvalue weighted by molar-refractivity contribution is 6.01. The molecule has 1 fully saturated rings. The summed E-state index contributed by atoms with van der Waals surface area (Å²) in [6.45, 7) is 2.14. The van der Waals surface area contributed by atoms with Crippen molar-refractivity contribution in [1.29, 1.82) is 0 Å². The second kappa shape index (κ2) is 9.91.